The van der Waals surface area contributed by atoms with Crippen molar-refractivity contribution in [3.05, 3.63) is 35.4 Å². The van der Waals surface area contributed by atoms with Crippen molar-refractivity contribution < 1.29 is 4.79 Å². The minimum absolute atomic E-state index is 0.0950. The number of hydrogen-bond acceptors (Lipinski definition) is 1. The second-order valence-electron chi connectivity index (χ2n) is 2.06. The SMILES string of the molecule is O=C(I)c1ccccc1CBr. The maximum absolute atomic E-state index is 11.0. The van der Waals surface area contributed by atoms with Gasteiger partial charge in [-0.15, -0.1) is 0 Å². The van der Waals surface area contributed by atoms with Crippen molar-refractivity contribution >= 4 is 42.3 Å². The number of carbonyl (C=O) groups is 1. The standard InChI is InChI=1S/C8H6BrIO/c9-5-6-3-1-2-4-7(6)8(10)11/h1-4H,5H2. The first-order valence-electron chi connectivity index (χ1n) is 3.09. The third kappa shape index (κ3) is 2.27. The Balaban J connectivity index is 3.12. The van der Waals surface area contributed by atoms with Gasteiger partial charge in [0.15, 0.2) is 0 Å². The molecule has 1 rings (SSSR count). The van der Waals surface area contributed by atoms with Crippen LogP contribution in [0.15, 0.2) is 24.3 Å². The fraction of sp³-hybridized carbons (Fsp3) is 0.125. The molecular formula is C8H6BrIO. The molecular weight excluding hydrogens is 319 g/mol. The predicted octanol–water partition coefficient (Wildman–Crippen LogP) is 3.16. The van der Waals surface area contributed by atoms with Crippen LogP contribution in [0.4, 0.5) is 0 Å². The summed E-state index contributed by atoms with van der Waals surface area (Å²) in [4.78, 5) is 11.0. The highest BCUT2D eigenvalue weighted by molar-refractivity contribution is 14.1. The van der Waals surface area contributed by atoms with Gasteiger partial charge < -0.3 is 0 Å². The van der Waals surface area contributed by atoms with Gasteiger partial charge >= 0.3 is 0 Å². The molecule has 0 N–H and O–H groups in total. The molecule has 0 saturated carbocycles. The number of carbonyl (C=O) groups excluding carboxylic acids is 1. The van der Waals surface area contributed by atoms with Crippen molar-refractivity contribution in [3.63, 3.8) is 0 Å². The summed E-state index contributed by atoms with van der Waals surface area (Å²) in [5, 5.41) is 0.734. The van der Waals surface area contributed by atoms with E-state index in [-0.39, 0.29) is 3.79 Å². The van der Waals surface area contributed by atoms with Crippen LogP contribution in [0.25, 0.3) is 0 Å². The maximum Gasteiger partial charge on any atom is 0.222 e. The summed E-state index contributed by atoms with van der Waals surface area (Å²) in [7, 11) is 0. The second-order valence-corrected chi connectivity index (χ2v) is 3.60. The van der Waals surface area contributed by atoms with Gasteiger partial charge in [-0.3, -0.25) is 4.79 Å². The van der Waals surface area contributed by atoms with E-state index in [0.717, 1.165) is 16.5 Å². The van der Waals surface area contributed by atoms with Crippen LogP contribution in [0.3, 0.4) is 0 Å². The zero-order chi connectivity index (χ0) is 8.27. The Hall–Kier alpha value is 0.1000. The van der Waals surface area contributed by atoms with E-state index in [0.29, 0.717) is 0 Å². The normalized spacial score (nSPS) is 9.64. The lowest BCUT2D eigenvalue weighted by atomic mass is 10.1. The van der Waals surface area contributed by atoms with Crippen LogP contribution in [0.1, 0.15) is 15.9 Å². The zero-order valence-electron chi connectivity index (χ0n) is 5.68. The molecule has 0 amide bonds. The second kappa shape index (κ2) is 4.21. The highest BCUT2D eigenvalue weighted by Crippen LogP contribution is 2.15. The van der Waals surface area contributed by atoms with Gasteiger partial charge in [-0.05, 0) is 5.56 Å². The third-order valence-corrected chi connectivity index (χ3v) is 2.56. The van der Waals surface area contributed by atoms with Crippen LogP contribution in [0, 0.1) is 0 Å². The summed E-state index contributed by atoms with van der Waals surface area (Å²) in [5.74, 6) is 0. The van der Waals surface area contributed by atoms with Gasteiger partial charge in [0.1, 0.15) is 0 Å². The number of halogens is 2. The molecule has 0 atom stereocenters. The lowest BCUT2D eigenvalue weighted by Crippen LogP contribution is -1.93. The number of alkyl halides is 1. The largest absolute Gasteiger partial charge is 0.282 e. The minimum atomic E-state index is 0.0950. The molecule has 58 valence electrons. The fourth-order valence-electron chi connectivity index (χ4n) is 0.829. The molecule has 0 aliphatic rings. The maximum atomic E-state index is 11.0. The molecule has 0 aliphatic carbocycles. The Bertz CT molecular complexity index is 273. The van der Waals surface area contributed by atoms with Crippen molar-refractivity contribution in [2.24, 2.45) is 0 Å². The van der Waals surface area contributed by atoms with Crippen LogP contribution >= 0.6 is 38.5 Å². The van der Waals surface area contributed by atoms with E-state index in [1.54, 1.807) is 22.6 Å². The van der Waals surface area contributed by atoms with Gasteiger partial charge in [-0.2, -0.15) is 0 Å². The van der Waals surface area contributed by atoms with Gasteiger partial charge in [0.05, 0.1) is 0 Å². The molecule has 0 radical (unpaired) electrons. The summed E-state index contributed by atoms with van der Waals surface area (Å²) in [5.41, 5.74) is 1.84. The first-order chi connectivity index (χ1) is 5.25. The van der Waals surface area contributed by atoms with Crippen LogP contribution in [-0.4, -0.2) is 3.79 Å². The van der Waals surface area contributed by atoms with Gasteiger partial charge in [0, 0.05) is 33.5 Å². The van der Waals surface area contributed by atoms with Crippen LogP contribution < -0.4 is 0 Å². The van der Waals surface area contributed by atoms with Crippen LogP contribution in [-0.2, 0) is 5.33 Å². The lowest BCUT2D eigenvalue weighted by molar-refractivity contribution is 0.110. The predicted molar refractivity (Wildman–Crippen MR) is 57.4 cm³/mol. The Morgan fingerprint density at radius 3 is 2.55 bits per heavy atom. The first kappa shape index (κ1) is 9.19. The number of hydrogen-bond donors (Lipinski definition) is 0. The molecule has 0 heterocycles. The van der Waals surface area contributed by atoms with E-state index in [2.05, 4.69) is 15.9 Å². The first-order valence-corrected chi connectivity index (χ1v) is 5.29. The van der Waals surface area contributed by atoms with Crippen LogP contribution in [0.2, 0.25) is 0 Å². The highest BCUT2D eigenvalue weighted by Gasteiger charge is 2.04. The highest BCUT2D eigenvalue weighted by atomic mass is 127. The van der Waals surface area contributed by atoms with Gasteiger partial charge in [-0.25, -0.2) is 0 Å². The lowest BCUT2D eigenvalue weighted by Gasteiger charge is -1.99. The van der Waals surface area contributed by atoms with E-state index in [1.165, 1.54) is 0 Å². The van der Waals surface area contributed by atoms with E-state index >= 15 is 0 Å². The van der Waals surface area contributed by atoms with E-state index in [4.69, 9.17) is 0 Å². The summed E-state index contributed by atoms with van der Waals surface area (Å²) >= 11 is 5.12. The van der Waals surface area contributed by atoms with E-state index < -0.39 is 0 Å². The molecule has 0 aromatic heterocycles. The van der Waals surface area contributed by atoms with Crippen molar-refractivity contribution in [2.45, 2.75) is 5.33 Å². The van der Waals surface area contributed by atoms with Crippen LogP contribution in [0.5, 0.6) is 0 Å². The zero-order valence-corrected chi connectivity index (χ0v) is 9.42. The Morgan fingerprint density at radius 1 is 1.45 bits per heavy atom. The summed E-state index contributed by atoms with van der Waals surface area (Å²) < 4.78 is 0.0950. The van der Waals surface area contributed by atoms with Crippen molar-refractivity contribution in [2.75, 3.05) is 0 Å². The summed E-state index contributed by atoms with van der Waals surface area (Å²) in [6, 6.07) is 7.59. The molecule has 1 aromatic rings. The Morgan fingerprint density at radius 2 is 2.09 bits per heavy atom. The Kier molecular flexibility index (Phi) is 3.51. The Labute approximate surface area is 87.5 Å². The topological polar surface area (TPSA) is 17.1 Å². The summed E-state index contributed by atoms with van der Waals surface area (Å²) in [6.07, 6.45) is 0. The molecule has 1 nitrogen and oxygen atoms in total. The molecule has 1 aromatic carbocycles. The molecule has 0 fully saturated rings. The van der Waals surface area contributed by atoms with Crippen molar-refractivity contribution in [3.8, 4) is 0 Å². The number of rotatable bonds is 2. The monoisotopic (exact) mass is 324 g/mol. The molecule has 0 spiro atoms. The molecule has 3 heteroatoms. The number of benzene rings is 1. The molecule has 0 bridgehead atoms. The van der Waals surface area contributed by atoms with Crippen molar-refractivity contribution in [1.29, 1.82) is 0 Å². The third-order valence-electron chi connectivity index (χ3n) is 1.37. The molecule has 0 unspecified atom stereocenters. The quantitative estimate of drug-likeness (QED) is 0.464. The minimum Gasteiger partial charge on any atom is -0.282 e. The van der Waals surface area contributed by atoms with Gasteiger partial charge in [0.25, 0.3) is 0 Å². The molecule has 0 aliphatic heterocycles. The molecule has 11 heavy (non-hydrogen) atoms. The average molecular weight is 325 g/mol. The average Bonchev–Trinajstić information content (AvgIpc) is 2.04. The van der Waals surface area contributed by atoms with Gasteiger partial charge in [0.2, 0.25) is 3.79 Å². The van der Waals surface area contributed by atoms with Crippen molar-refractivity contribution in [1.82, 2.24) is 0 Å². The van der Waals surface area contributed by atoms with E-state index in [9.17, 15) is 4.79 Å². The van der Waals surface area contributed by atoms with E-state index in [1.807, 2.05) is 24.3 Å². The smallest absolute Gasteiger partial charge is 0.222 e. The van der Waals surface area contributed by atoms with Gasteiger partial charge in [-0.1, -0.05) is 40.2 Å². The fourth-order valence-corrected chi connectivity index (χ4v) is 1.84. The summed E-state index contributed by atoms with van der Waals surface area (Å²) in [6.45, 7) is 0. The molecule has 0 saturated heterocycles.